The van der Waals surface area contributed by atoms with E-state index >= 15 is 0 Å². The lowest BCUT2D eigenvalue weighted by atomic mass is 10.2. The Hall–Kier alpha value is -1.44. The summed E-state index contributed by atoms with van der Waals surface area (Å²) in [6.45, 7) is 0. The van der Waals surface area contributed by atoms with E-state index in [1.54, 1.807) is 6.08 Å². The van der Waals surface area contributed by atoms with Crippen molar-refractivity contribution in [2.24, 2.45) is 5.11 Å². The number of hydrogen-bond acceptors (Lipinski definition) is 2. The second kappa shape index (κ2) is 3.56. The maximum atomic E-state index is 6.49. The van der Waals surface area contributed by atoms with E-state index in [2.05, 4.69) is 5.11 Å². The lowest BCUT2D eigenvalue weighted by Gasteiger charge is -1.86. The van der Waals surface area contributed by atoms with E-state index in [9.17, 15) is 0 Å². The van der Waals surface area contributed by atoms with Gasteiger partial charge in [-0.2, -0.15) is 5.11 Å². The number of rotatable bonds is 2. The molecule has 0 aliphatic heterocycles. The predicted octanol–water partition coefficient (Wildman–Crippen LogP) is 2.69. The highest BCUT2D eigenvalue weighted by Crippen LogP contribution is 1.99. The first-order chi connectivity index (χ1) is 4.93. The molecule has 0 saturated carbocycles. The second-order valence-electron chi connectivity index (χ2n) is 1.86. The van der Waals surface area contributed by atoms with Crippen LogP contribution in [0.15, 0.2) is 41.6 Å². The van der Waals surface area contributed by atoms with Crippen molar-refractivity contribution in [3.63, 3.8) is 0 Å². The normalized spacial score (nSPS) is 10.0. The van der Waals surface area contributed by atoms with Gasteiger partial charge >= 0.3 is 0 Å². The molecule has 0 unspecified atom stereocenters. The number of hydrogen-bond donors (Lipinski definition) is 1. The predicted molar refractivity (Wildman–Crippen MR) is 40.6 cm³/mol. The summed E-state index contributed by atoms with van der Waals surface area (Å²) in [5.41, 5.74) is 7.56. The van der Waals surface area contributed by atoms with Crippen LogP contribution in [0.4, 0.5) is 0 Å². The average Bonchev–Trinajstić information content (AvgIpc) is 2.03. The molecule has 50 valence electrons. The standard InChI is InChI=1S/C8H8N2/c9-10-7-6-8-4-2-1-3-5-8/h1-7,9H. The lowest BCUT2D eigenvalue weighted by molar-refractivity contribution is 1.15. The molecule has 0 amide bonds. The smallest absolute Gasteiger partial charge is 0.0494 e. The van der Waals surface area contributed by atoms with E-state index in [0.29, 0.717) is 0 Å². The van der Waals surface area contributed by atoms with Crippen LogP contribution in [-0.4, -0.2) is 0 Å². The van der Waals surface area contributed by atoms with Crippen LogP contribution in [0.25, 0.3) is 6.08 Å². The summed E-state index contributed by atoms with van der Waals surface area (Å²) in [5, 5.41) is 3.10. The second-order valence-corrected chi connectivity index (χ2v) is 1.86. The molecular weight excluding hydrogens is 124 g/mol. The molecule has 0 aliphatic carbocycles. The van der Waals surface area contributed by atoms with Crippen molar-refractivity contribution in [3.05, 3.63) is 42.1 Å². The Kier molecular flexibility index (Phi) is 2.38. The van der Waals surface area contributed by atoms with Gasteiger partial charge in [0.15, 0.2) is 0 Å². The van der Waals surface area contributed by atoms with Crippen molar-refractivity contribution in [3.8, 4) is 0 Å². The van der Waals surface area contributed by atoms with E-state index < -0.39 is 0 Å². The van der Waals surface area contributed by atoms with Gasteiger partial charge in [0, 0.05) is 6.20 Å². The van der Waals surface area contributed by atoms with Crippen LogP contribution in [0, 0.1) is 5.53 Å². The minimum atomic E-state index is 1.07. The van der Waals surface area contributed by atoms with Gasteiger partial charge in [0.25, 0.3) is 0 Å². The van der Waals surface area contributed by atoms with Crippen LogP contribution in [0.1, 0.15) is 5.56 Å². The van der Waals surface area contributed by atoms with Crippen LogP contribution in [0.2, 0.25) is 0 Å². The molecule has 0 aromatic heterocycles. The number of benzene rings is 1. The highest BCUT2D eigenvalue weighted by Gasteiger charge is 1.78. The Morgan fingerprint density at radius 1 is 1.20 bits per heavy atom. The highest BCUT2D eigenvalue weighted by atomic mass is 14.9. The fourth-order valence-corrected chi connectivity index (χ4v) is 0.687. The largest absolute Gasteiger partial charge is 0.205 e. The summed E-state index contributed by atoms with van der Waals surface area (Å²) in [7, 11) is 0. The molecule has 0 fully saturated rings. The molecule has 0 saturated heterocycles. The molecule has 0 heterocycles. The van der Waals surface area contributed by atoms with Gasteiger partial charge in [0.05, 0.1) is 0 Å². The molecule has 0 aliphatic rings. The molecule has 0 radical (unpaired) electrons. The monoisotopic (exact) mass is 132 g/mol. The minimum Gasteiger partial charge on any atom is -0.205 e. The quantitative estimate of drug-likeness (QED) is 0.600. The van der Waals surface area contributed by atoms with Crippen LogP contribution in [0.5, 0.6) is 0 Å². The zero-order valence-corrected chi connectivity index (χ0v) is 5.49. The zero-order valence-electron chi connectivity index (χ0n) is 5.49. The van der Waals surface area contributed by atoms with Gasteiger partial charge in [-0.05, 0) is 11.6 Å². The third-order valence-electron chi connectivity index (χ3n) is 1.14. The Balaban J connectivity index is 2.76. The molecule has 1 N–H and O–H groups in total. The van der Waals surface area contributed by atoms with Crippen molar-refractivity contribution < 1.29 is 0 Å². The Labute approximate surface area is 59.7 Å². The lowest BCUT2D eigenvalue weighted by Crippen LogP contribution is -1.65. The SMILES string of the molecule is N=NC=Cc1ccccc1. The van der Waals surface area contributed by atoms with Gasteiger partial charge in [-0.25, -0.2) is 5.53 Å². The molecule has 0 bridgehead atoms. The summed E-state index contributed by atoms with van der Waals surface area (Å²) in [4.78, 5) is 0. The van der Waals surface area contributed by atoms with E-state index in [1.165, 1.54) is 6.20 Å². The van der Waals surface area contributed by atoms with E-state index in [4.69, 9.17) is 5.53 Å². The summed E-state index contributed by atoms with van der Waals surface area (Å²) < 4.78 is 0. The molecular formula is C8H8N2. The van der Waals surface area contributed by atoms with Gasteiger partial charge in [-0.3, -0.25) is 0 Å². The van der Waals surface area contributed by atoms with Crippen molar-refractivity contribution in [2.75, 3.05) is 0 Å². The molecule has 0 atom stereocenters. The molecule has 2 heteroatoms. The van der Waals surface area contributed by atoms with E-state index in [1.807, 2.05) is 30.3 Å². The maximum Gasteiger partial charge on any atom is 0.0494 e. The van der Waals surface area contributed by atoms with Crippen LogP contribution < -0.4 is 0 Å². The fraction of sp³-hybridized carbons (Fsp3) is 0. The number of nitrogens with zero attached hydrogens (tertiary/aromatic N) is 1. The molecule has 2 nitrogen and oxygen atoms in total. The van der Waals surface area contributed by atoms with Crippen LogP contribution in [-0.2, 0) is 0 Å². The summed E-state index contributed by atoms with van der Waals surface area (Å²) >= 11 is 0. The van der Waals surface area contributed by atoms with Crippen LogP contribution >= 0.6 is 0 Å². The third-order valence-corrected chi connectivity index (χ3v) is 1.14. The highest BCUT2D eigenvalue weighted by molar-refractivity contribution is 5.48. The minimum absolute atomic E-state index is 1.07. The molecule has 0 spiro atoms. The fourth-order valence-electron chi connectivity index (χ4n) is 0.687. The van der Waals surface area contributed by atoms with Crippen molar-refractivity contribution >= 4 is 6.08 Å². The van der Waals surface area contributed by atoms with Crippen molar-refractivity contribution in [2.45, 2.75) is 0 Å². The van der Waals surface area contributed by atoms with Gasteiger partial charge in [-0.15, -0.1) is 0 Å². The molecule has 1 aromatic rings. The zero-order chi connectivity index (χ0) is 7.23. The van der Waals surface area contributed by atoms with Gasteiger partial charge < -0.3 is 0 Å². The first-order valence-corrected chi connectivity index (χ1v) is 3.01. The Morgan fingerprint density at radius 2 is 1.90 bits per heavy atom. The maximum absolute atomic E-state index is 6.49. The summed E-state index contributed by atoms with van der Waals surface area (Å²) in [6, 6.07) is 9.77. The topological polar surface area (TPSA) is 36.2 Å². The summed E-state index contributed by atoms with van der Waals surface area (Å²) in [6.07, 6.45) is 3.24. The van der Waals surface area contributed by atoms with Crippen LogP contribution in [0.3, 0.4) is 0 Å². The number of nitrogens with one attached hydrogen (secondary N) is 1. The average molecular weight is 132 g/mol. The molecule has 10 heavy (non-hydrogen) atoms. The third kappa shape index (κ3) is 1.82. The Morgan fingerprint density at radius 3 is 2.50 bits per heavy atom. The Bertz CT molecular complexity index is 226. The summed E-state index contributed by atoms with van der Waals surface area (Å²) in [5.74, 6) is 0. The van der Waals surface area contributed by atoms with Crippen molar-refractivity contribution in [1.29, 1.82) is 5.53 Å². The first kappa shape index (κ1) is 6.68. The van der Waals surface area contributed by atoms with Gasteiger partial charge in [0.1, 0.15) is 0 Å². The van der Waals surface area contributed by atoms with E-state index in [-0.39, 0.29) is 0 Å². The van der Waals surface area contributed by atoms with Gasteiger partial charge in [0.2, 0.25) is 0 Å². The molecule has 1 aromatic carbocycles. The van der Waals surface area contributed by atoms with Gasteiger partial charge in [-0.1, -0.05) is 30.3 Å². The van der Waals surface area contributed by atoms with E-state index in [0.717, 1.165) is 5.56 Å². The van der Waals surface area contributed by atoms with Crippen molar-refractivity contribution in [1.82, 2.24) is 0 Å². The first-order valence-electron chi connectivity index (χ1n) is 3.01. The molecule has 1 rings (SSSR count).